The van der Waals surface area contributed by atoms with Crippen LogP contribution in [-0.4, -0.2) is 13.9 Å². The zero-order valence-electron chi connectivity index (χ0n) is 7.12. The molecule has 2 nitrogen and oxygen atoms in total. The molecule has 0 aromatic heterocycles. The topological polar surface area (TPSA) is 18.5 Å². The minimum Gasteiger partial charge on any atom is -0.468 e. The summed E-state index contributed by atoms with van der Waals surface area (Å²) in [6, 6.07) is 9.72. The highest BCUT2D eigenvalue weighted by Gasteiger charge is 1.96. The molecular weight excluding hydrogens is 152 g/mol. The van der Waals surface area contributed by atoms with Crippen LogP contribution in [0.4, 0.5) is 0 Å². The van der Waals surface area contributed by atoms with Crippen molar-refractivity contribution >= 4 is 5.76 Å². The lowest BCUT2D eigenvalue weighted by molar-refractivity contribution is 0.0320. The van der Waals surface area contributed by atoms with Crippen LogP contribution in [-0.2, 0) is 9.47 Å². The van der Waals surface area contributed by atoms with E-state index < -0.39 is 0 Å². The molecule has 2 heteroatoms. The highest BCUT2D eigenvalue weighted by atomic mass is 16.7. The third-order valence-electron chi connectivity index (χ3n) is 1.45. The minimum absolute atomic E-state index is 0.244. The van der Waals surface area contributed by atoms with Gasteiger partial charge < -0.3 is 9.47 Å². The van der Waals surface area contributed by atoms with E-state index in [0.29, 0.717) is 5.76 Å². The van der Waals surface area contributed by atoms with Crippen LogP contribution in [0, 0.1) is 0 Å². The lowest BCUT2D eigenvalue weighted by Gasteiger charge is -2.06. The molecule has 1 aromatic rings. The van der Waals surface area contributed by atoms with Crippen molar-refractivity contribution in [2.75, 3.05) is 13.9 Å². The van der Waals surface area contributed by atoms with Crippen molar-refractivity contribution in [3.05, 3.63) is 42.5 Å². The van der Waals surface area contributed by atoms with Crippen LogP contribution in [0.5, 0.6) is 0 Å². The first kappa shape index (κ1) is 8.81. The summed E-state index contributed by atoms with van der Waals surface area (Å²) in [6.07, 6.45) is 0. The Morgan fingerprint density at radius 3 is 2.58 bits per heavy atom. The normalized spacial score (nSPS) is 9.42. The van der Waals surface area contributed by atoms with E-state index in [-0.39, 0.29) is 6.79 Å². The maximum atomic E-state index is 5.16. The van der Waals surface area contributed by atoms with Crippen molar-refractivity contribution in [2.24, 2.45) is 0 Å². The van der Waals surface area contributed by atoms with Crippen LogP contribution >= 0.6 is 0 Å². The molecule has 0 radical (unpaired) electrons. The second-order valence-electron chi connectivity index (χ2n) is 2.34. The molecule has 0 atom stereocenters. The molecule has 0 spiro atoms. The monoisotopic (exact) mass is 164 g/mol. The number of hydrogen-bond donors (Lipinski definition) is 0. The highest BCUT2D eigenvalue weighted by molar-refractivity contribution is 5.56. The first-order valence-corrected chi connectivity index (χ1v) is 3.70. The molecule has 0 heterocycles. The van der Waals surface area contributed by atoms with Gasteiger partial charge in [-0.05, 0) is 0 Å². The summed E-state index contributed by atoms with van der Waals surface area (Å²) in [5.74, 6) is 0.637. The predicted molar refractivity (Wildman–Crippen MR) is 48.4 cm³/mol. The molecule has 1 aromatic carbocycles. The molecule has 0 aliphatic heterocycles. The van der Waals surface area contributed by atoms with Gasteiger partial charge in [0.15, 0.2) is 6.79 Å². The number of methoxy groups -OCH3 is 1. The molecule has 12 heavy (non-hydrogen) atoms. The molecule has 1 rings (SSSR count). The average Bonchev–Trinajstić information content (AvgIpc) is 2.15. The van der Waals surface area contributed by atoms with Gasteiger partial charge in [0.2, 0.25) is 0 Å². The van der Waals surface area contributed by atoms with Gasteiger partial charge in [0.1, 0.15) is 5.76 Å². The van der Waals surface area contributed by atoms with Gasteiger partial charge in [0.25, 0.3) is 0 Å². The van der Waals surface area contributed by atoms with Crippen LogP contribution in [0.3, 0.4) is 0 Å². The number of hydrogen-bond acceptors (Lipinski definition) is 2. The summed E-state index contributed by atoms with van der Waals surface area (Å²) >= 11 is 0. The van der Waals surface area contributed by atoms with Gasteiger partial charge in [-0.15, -0.1) is 0 Å². The van der Waals surface area contributed by atoms with E-state index in [2.05, 4.69) is 6.58 Å². The second kappa shape index (κ2) is 4.57. The fourth-order valence-electron chi connectivity index (χ4n) is 0.837. The van der Waals surface area contributed by atoms with Crippen molar-refractivity contribution < 1.29 is 9.47 Å². The van der Waals surface area contributed by atoms with E-state index in [0.717, 1.165) is 5.56 Å². The van der Waals surface area contributed by atoms with Crippen LogP contribution in [0.1, 0.15) is 5.56 Å². The fraction of sp³-hybridized carbons (Fsp3) is 0.200. The Hall–Kier alpha value is -1.28. The molecule has 0 amide bonds. The van der Waals surface area contributed by atoms with E-state index >= 15 is 0 Å². The quantitative estimate of drug-likeness (QED) is 0.502. The molecule has 0 fully saturated rings. The van der Waals surface area contributed by atoms with Crippen LogP contribution in [0.15, 0.2) is 36.9 Å². The Kier molecular flexibility index (Phi) is 3.35. The van der Waals surface area contributed by atoms with Crippen molar-refractivity contribution in [2.45, 2.75) is 0 Å². The Labute approximate surface area is 72.4 Å². The largest absolute Gasteiger partial charge is 0.468 e. The molecule has 0 saturated heterocycles. The molecule has 0 unspecified atom stereocenters. The van der Waals surface area contributed by atoms with E-state index in [1.165, 1.54) is 0 Å². The van der Waals surface area contributed by atoms with E-state index in [9.17, 15) is 0 Å². The molecular formula is C10H12O2. The Bertz CT molecular complexity index is 241. The summed E-state index contributed by atoms with van der Waals surface area (Å²) in [5.41, 5.74) is 0.981. The lowest BCUT2D eigenvalue weighted by Crippen LogP contribution is -1.94. The van der Waals surface area contributed by atoms with Gasteiger partial charge in [-0.2, -0.15) is 0 Å². The summed E-state index contributed by atoms with van der Waals surface area (Å²) < 4.78 is 9.91. The molecule has 0 bridgehead atoms. The first-order valence-electron chi connectivity index (χ1n) is 3.70. The zero-order valence-corrected chi connectivity index (χ0v) is 7.12. The van der Waals surface area contributed by atoms with Gasteiger partial charge in [-0.25, -0.2) is 0 Å². The number of rotatable bonds is 4. The summed E-state index contributed by atoms with van der Waals surface area (Å²) in [5, 5.41) is 0. The van der Waals surface area contributed by atoms with Crippen LogP contribution in [0.2, 0.25) is 0 Å². The average molecular weight is 164 g/mol. The summed E-state index contributed by atoms with van der Waals surface area (Å²) in [6.45, 7) is 4.00. The van der Waals surface area contributed by atoms with E-state index in [4.69, 9.17) is 9.47 Å². The molecule has 0 saturated carbocycles. The number of benzene rings is 1. The highest BCUT2D eigenvalue weighted by Crippen LogP contribution is 2.11. The SMILES string of the molecule is C=C(OCOC)c1ccccc1. The van der Waals surface area contributed by atoms with Crippen molar-refractivity contribution in [1.29, 1.82) is 0 Å². The first-order chi connectivity index (χ1) is 5.84. The Morgan fingerprint density at radius 1 is 1.33 bits per heavy atom. The summed E-state index contributed by atoms with van der Waals surface area (Å²) in [4.78, 5) is 0. The lowest BCUT2D eigenvalue weighted by atomic mass is 10.2. The summed E-state index contributed by atoms with van der Waals surface area (Å²) in [7, 11) is 1.58. The minimum atomic E-state index is 0.244. The van der Waals surface area contributed by atoms with Crippen molar-refractivity contribution in [3.63, 3.8) is 0 Å². The van der Waals surface area contributed by atoms with Crippen LogP contribution < -0.4 is 0 Å². The predicted octanol–water partition coefficient (Wildman–Crippen LogP) is 2.28. The van der Waals surface area contributed by atoms with Gasteiger partial charge in [-0.1, -0.05) is 36.9 Å². The molecule has 0 aliphatic rings. The Balaban J connectivity index is 2.54. The third-order valence-corrected chi connectivity index (χ3v) is 1.45. The van der Waals surface area contributed by atoms with Gasteiger partial charge in [0.05, 0.1) is 0 Å². The van der Waals surface area contributed by atoms with E-state index in [1.807, 2.05) is 30.3 Å². The Morgan fingerprint density at radius 2 is 2.00 bits per heavy atom. The zero-order chi connectivity index (χ0) is 8.81. The van der Waals surface area contributed by atoms with Crippen molar-refractivity contribution in [1.82, 2.24) is 0 Å². The van der Waals surface area contributed by atoms with Gasteiger partial charge in [-0.3, -0.25) is 0 Å². The second-order valence-corrected chi connectivity index (χ2v) is 2.34. The van der Waals surface area contributed by atoms with Crippen molar-refractivity contribution in [3.8, 4) is 0 Å². The standard InChI is InChI=1S/C10H12O2/c1-9(12-8-11-2)10-6-4-3-5-7-10/h3-7H,1,8H2,2H3. The third kappa shape index (κ3) is 2.40. The maximum Gasteiger partial charge on any atom is 0.188 e. The smallest absolute Gasteiger partial charge is 0.188 e. The van der Waals surface area contributed by atoms with Gasteiger partial charge in [0, 0.05) is 12.7 Å². The van der Waals surface area contributed by atoms with Gasteiger partial charge >= 0.3 is 0 Å². The fourth-order valence-corrected chi connectivity index (χ4v) is 0.837. The maximum absolute atomic E-state index is 5.16. The molecule has 0 aliphatic carbocycles. The molecule has 64 valence electrons. The number of ether oxygens (including phenoxy) is 2. The van der Waals surface area contributed by atoms with Crippen LogP contribution in [0.25, 0.3) is 5.76 Å². The molecule has 0 N–H and O–H groups in total. The van der Waals surface area contributed by atoms with E-state index in [1.54, 1.807) is 7.11 Å².